The fourth-order valence-electron chi connectivity index (χ4n) is 6.79. The predicted molar refractivity (Wildman–Crippen MR) is 188 cm³/mol. The Kier molecular flexibility index (Phi) is 10.1. The molecule has 0 amide bonds. The van der Waals surface area contributed by atoms with E-state index in [1.807, 2.05) is 48.5 Å². The SMILES string of the molecule is Cc1cc(-c2[c-]ccc3c2oc2nc(-c4c(C)cccc4C)ccc23)ncc1C1CCCCC1.[Ir].[c-]1ccccc1-c1ccccn1. The summed E-state index contributed by atoms with van der Waals surface area (Å²) >= 11 is 0. The minimum Gasteiger partial charge on any atom is -0.486 e. The third kappa shape index (κ3) is 6.83. The number of pyridine rings is 3. The summed E-state index contributed by atoms with van der Waals surface area (Å²) < 4.78 is 6.38. The molecule has 0 saturated heterocycles. The molecular formula is C42H37IrN3O-2. The van der Waals surface area contributed by atoms with Gasteiger partial charge < -0.3 is 14.4 Å². The van der Waals surface area contributed by atoms with E-state index in [2.05, 4.69) is 86.5 Å². The average Bonchev–Trinajstić information content (AvgIpc) is 3.48. The van der Waals surface area contributed by atoms with Gasteiger partial charge in [0.25, 0.3) is 0 Å². The summed E-state index contributed by atoms with van der Waals surface area (Å²) in [5.74, 6) is 0.647. The van der Waals surface area contributed by atoms with Gasteiger partial charge in [0.15, 0.2) is 0 Å². The average molecular weight is 792 g/mol. The number of fused-ring (bicyclic) bond motifs is 3. The second-order valence-corrected chi connectivity index (χ2v) is 12.3. The number of nitrogens with zero attached hydrogens (tertiary/aromatic N) is 3. The topological polar surface area (TPSA) is 51.8 Å². The van der Waals surface area contributed by atoms with Crippen molar-refractivity contribution in [1.29, 1.82) is 0 Å². The van der Waals surface area contributed by atoms with Crippen LogP contribution in [-0.4, -0.2) is 15.0 Å². The molecule has 0 aliphatic heterocycles. The molecule has 47 heavy (non-hydrogen) atoms. The molecule has 7 aromatic rings. The van der Waals surface area contributed by atoms with Gasteiger partial charge in [-0.15, -0.1) is 54.1 Å². The van der Waals surface area contributed by atoms with Crippen molar-refractivity contribution in [3.63, 3.8) is 0 Å². The quantitative estimate of drug-likeness (QED) is 0.167. The Balaban J connectivity index is 0.000000250. The zero-order chi connectivity index (χ0) is 31.5. The van der Waals surface area contributed by atoms with Crippen LogP contribution in [0.15, 0.2) is 108 Å². The normalized spacial score (nSPS) is 13.2. The van der Waals surface area contributed by atoms with E-state index >= 15 is 0 Å². The Bertz CT molecular complexity index is 2060. The molecule has 1 aliphatic rings. The largest absolute Gasteiger partial charge is 0.486 e. The molecule has 1 saturated carbocycles. The molecular weight excluding hydrogens is 755 g/mol. The number of furan rings is 1. The van der Waals surface area contributed by atoms with Crippen molar-refractivity contribution in [2.75, 3.05) is 0 Å². The second-order valence-electron chi connectivity index (χ2n) is 12.3. The van der Waals surface area contributed by atoms with Gasteiger partial charge in [-0.3, -0.25) is 0 Å². The zero-order valence-electron chi connectivity index (χ0n) is 27.0. The fourth-order valence-corrected chi connectivity index (χ4v) is 6.79. The Morgan fingerprint density at radius 1 is 0.681 bits per heavy atom. The summed E-state index contributed by atoms with van der Waals surface area (Å²) in [6.45, 7) is 6.47. The predicted octanol–water partition coefficient (Wildman–Crippen LogP) is 11.0. The molecule has 3 aromatic carbocycles. The molecule has 237 valence electrons. The van der Waals surface area contributed by atoms with Gasteiger partial charge in [-0.1, -0.05) is 72.2 Å². The Labute approximate surface area is 290 Å². The number of hydrogen-bond acceptors (Lipinski definition) is 4. The summed E-state index contributed by atoms with van der Waals surface area (Å²) in [7, 11) is 0. The standard InChI is InChI=1S/C31H29N2O.C11H8N.Ir/c1-19-9-7-10-20(2)29(19)27-16-15-24-23-13-8-14-25(30(23)34-31(24)33-27)28-17-21(3)26(18-32-28)22-11-5-4-6-12-22;1-2-6-10(7-3-1)11-8-4-5-9-12-11;/h7-10,13,15-18,22H,4-6,11-12H2,1-3H3;1-6,8-9H;/q2*-1;. The monoisotopic (exact) mass is 792 g/mol. The molecule has 1 aliphatic carbocycles. The maximum absolute atomic E-state index is 6.38. The fraction of sp³-hybridized carbons (Fsp3) is 0.214. The van der Waals surface area contributed by atoms with Gasteiger partial charge in [0.1, 0.15) is 0 Å². The molecule has 5 heteroatoms. The van der Waals surface area contributed by atoms with Crippen molar-refractivity contribution in [3.8, 4) is 33.8 Å². The van der Waals surface area contributed by atoms with Crippen molar-refractivity contribution in [3.05, 3.63) is 138 Å². The summed E-state index contributed by atoms with van der Waals surface area (Å²) in [5.41, 5.74) is 12.6. The van der Waals surface area contributed by atoms with Crippen LogP contribution in [-0.2, 0) is 20.1 Å². The third-order valence-electron chi connectivity index (χ3n) is 9.14. The minimum atomic E-state index is 0. The Morgan fingerprint density at radius 2 is 1.49 bits per heavy atom. The van der Waals surface area contributed by atoms with E-state index in [-0.39, 0.29) is 20.1 Å². The maximum atomic E-state index is 6.38. The van der Waals surface area contributed by atoms with Crippen LogP contribution in [0.1, 0.15) is 60.3 Å². The third-order valence-corrected chi connectivity index (χ3v) is 9.14. The van der Waals surface area contributed by atoms with E-state index in [9.17, 15) is 0 Å². The molecule has 0 N–H and O–H groups in total. The second kappa shape index (κ2) is 14.5. The first-order valence-corrected chi connectivity index (χ1v) is 16.2. The van der Waals surface area contributed by atoms with Gasteiger partial charge in [-0.2, -0.15) is 0 Å². The van der Waals surface area contributed by atoms with Gasteiger partial charge in [0.05, 0.1) is 11.3 Å². The van der Waals surface area contributed by atoms with E-state index in [0.29, 0.717) is 11.6 Å². The number of benzene rings is 3. The summed E-state index contributed by atoms with van der Waals surface area (Å²) in [6, 6.07) is 37.0. The van der Waals surface area contributed by atoms with E-state index < -0.39 is 0 Å². The van der Waals surface area contributed by atoms with Crippen molar-refractivity contribution in [2.24, 2.45) is 0 Å². The number of aryl methyl sites for hydroxylation is 3. The zero-order valence-corrected chi connectivity index (χ0v) is 29.4. The van der Waals surface area contributed by atoms with Crippen molar-refractivity contribution < 1.29 is 24.5 Å². The van der Waals surface area contributed by atoms with Crippen LogP contribution in [0.3, 0.4) is 0 Å². The molecule has 0 bridgehead atoms. The van der Waals surface area contributed by atoms with Crippen molar-refractivity contribution >= 4 is 22.1 Å². The van der Waals surface area contributed by atoms with Crippen LogP contribution < -0.4 is 0 Å². The Hall–Kier alpha value is -4.44. The number of aromatic nitrogens is 3. The number of hydrogen-bond donors (Lipinski definition) is 0. The summed E-state index contributed by atoms with van der Waals surface area (Å²) in [4.78, 5) is 14.0. The molecule has 0 unspecified atom stereocenters. The van der Waals surface area contributed by atoms with Crippen LogP contribution in [0, 0.1) is 32.9 Å². The molecule has 1 radical (unpaired) electrons. The van der Waals surface area contributed by atoms with Gasteiger partial charge in [0, 0.05) is 43.4 Å². The first kappa shape index (κ1) is 32.5. The first-order valence-electron chi connectivity index (χ1n) is 16.2. The van der Waals surface area contributed by atoms with Crippen LogP contribution in [0.2, 0.25) is 0 Å². The van der Waals surface area contributed by atoms with Crippen molar-refractivity contribution in [2.45, 2.75) is 58.8 Å². The molecule has 4 heterocycles. The first-order chi connectivity index (χ1) is 22.6. The van der Waals surface area contributed by atoms with Gasteiger partial charge in [-0.05, 0) is 85.8 Å². The summed E-state index contributed by atoms with van der Waals surface area (Å²) in [5, 5.41) is 2.08. The van der Waals surface area contributed by atoms with Crippen LogP contribution >= 0.6 is 0 Å². The van der Waals surface area contributed by atoms with Crippen LogP contribution in [0.25, 0.3) is 55.8 Å². The molecule has 1 fully saturated rings. The van der Waals surface area contributed by atoms with Crippen molar-refractivity contribution in [1.82, 2.24) is 15.0 Å². The van der Waals surface area contributed by atoms with Gasteiger partial charge in [-0.25, -0.2) is 4.98 Å². The van der Waals surface area contributed by atoms with E-state index in [0.717, 1.165) is 44.6 Å². The van der Waals surface area contributed by atoms with Crippen LogP contribution in [0.4, 0.5) is 0 Å². The minimum absolute atomic E-state index is 0. The number of rotatable bonds is 4. The van der Waals surface area contributed by atoms with E-state index in [4.69, 9.17) is 14.4 Å². The molecule has 4 nitrogen and oxygen atoms in total. The van der Waals surface area contributed by atoms with Gasteiger partial charge >= 0.3 is 0 Å². The Morgan fingerprint density at radius 3 is 2.21 bits per heavy atom. The molecule has 0 atom stereocenters. The maximum Gasteiger partial charge on any atom is 0.216 e. The molecule has 4 aromatic heterocycles. The van der Waals surface area contributed by atoms with Gasteiger partial charge in [0.2, 0.25) is 5.71 Å². The molecule has 0 spiro atoms. The van der Waals surface area contributed by atoms with Crippen LogP contribution in [0.5, 0.6) is 0 Å². The van der Waals surface area contributed by atoms with E-state index in [1.54, 1.807) is 6.20 Å². The van der Waals surface area contributed by atoms with E-state index in [1.165, 1.54) is 59.9 Å². The molecule has 8 rings (SSSR count). The smallest absolute Gasteiger partial charge is 0.216 e. The summed E-state index contributed by atoms with van der Waals surface area (Å²) in [6.07, 6.45) is 10.5.